The molecule has 36 heavy (non-hydrogen) atoms. The lowest BCUT2D eigenvalue weighted by atomic mass is 9.95. The summed E-state index contributed by atoms with van der Waals surface area (Å²) in [5.41, 5.74) is 8.05. The van der Waals surface area contributed by atoms with Crippen LogP contribution in [0, 0.1) is 0 Å². The number of rotatable bonds is 9. The van der Waals surface area contributed by atoms with E-state index in [0.29, 0.717) is 34.2 Å². The Morgan fingerprint density at radius 3 is 2.31 bits per heavy atom. The largest absolute Gasteiger partial charge is 0.494 e. The molecule has 0 fully saturated rings. The van der Waals surface area contributed by atoms with Gasteiger partial charge in [-0.15, -0.1) is 11.3 Å². The first kappa shape index (κ1) is 25.2. The van der Waals surface area contributed by atoms with Crippen LogP contribution in [0.4, 0.5) is 10.7 Å². The van der Waals surface area contributed by atoms with Gasteiger partial charge in [0.25, 0.3) is 17.7 Å². The van der Waals surface area contributed by atoms with Gasteiger partial charge in [-0.2, -0.15) is 0 Å². The Balaban J connectivity index is 1.36. The molecule has 4 rings (SSSR count). The number of thiophene rings is 1. The molecule has 1 aliphatic rings. The zero-order chi connectivity index (χ0) is 25.7. The van der Waals surface area contributed by atoms with Crippen molar-refractivity contribution in [3.05, 3.63) is 70.1 Å². The minimum absolute atomic E-state index is 0.304. The van der Waals surface area contributed by atoms with Crippen molar-refractivity contribution in [3.8, 4) is 11.5 Å². The maximum absolute atomic E-state index is 12.8. The van der Waals surface area contributed by atoms with Gasteiger partial charge in [-0.25, -0.2) is 0 Å². The summed E-state index contributed by atoms with van der Waals surface area (Å²) in [7, 11) is 0. The van der Waals surface area contributed by atoms with E-state index in [0.717, 1.165) is 41.9 Å². The molecular formula is C27H29N3O5S. The third-order valence-electron chi connectivity index (χ3n) is 5.88. The maximum atomic E-state index is 12.8. The summed E-state index contributed by atoms with van der Waals surface area (Å²) >= 11 is 1.42. The van der Waals surface area contributed by atoms with Crippen LogP contribution in [0.1, 0.15) is 57.8 Å². The fraction of sp³-hybridized carbons (Fsp3) is 0.296. The van der Waals surface area contributed by atoms with E-state index in [1.807, 2.05) is 6.92 Å². The Kier molecular flexibility index (Phi) is 7.90. The van der Waals surface area contributed by atoms with Gasteiger partial charge < -0.3 is 25.8 Å². The lowest BCUT2D eigenvalue weighted by molar-refractivity contribution is -0.122. The number of amides is 3. The van der Waals surface area contributed by atoms with Crippen LogP contribution in [0.25, 0.3) is 0 Å². The minimum Gasteiger partial charge on any atom is -0.494 e. The van der Waals surface area contributed by atoms with Gasteiger partial charge in [-0.1, -0.05) is 0 Å². The number of hydrogen-bond donors (Lipinski definition) is 3. The van der Waals surface area contributed by atoms with Gasteiger partial charge in [0.1, 0.15) is 16.5 Å². The molecule has 8 nitrogen and oxygen atoms in total. The van der Waals surface area contributed by atoms with Crippen LogP contribution in [0.3, 0.4) is 0 Å². The topological polar surface area (TPSA) is 120 Å². The number of benzene rings is 2. The third kappa shape index (κ3) is 5.85. The van der Waals surface area contributed by atoms with E-state index in [1.165, 1.54) is 11.3 Å². The molecule has 188 valence electrons. The number of hydrogen-bond acceptors (Lipinski definition) is 6. The second-order valence-corrected chi connectivity index (χ2v) is 9.57. The number of carbonyl (C=O) groups is 3. The number of nitrogens with two attached hydrogens (primary N) is 1. The Bertz CT molecular complexity index is 1250. The predicted octanol–water partition coefficient (Wildman–Crippen LogP) is 4.78. The van der Waals surface area contributed by atoms with Crippen LogP contribution >= 0.6 is 11.3 Å². The third-order valence-corrected chi connectivity index (χ3v) is 7.08. The Morgan fingerprint density at radius 1 is 0.972 bits per heavy atom. The van der Waals surface area contributed by atoms with Gasteiger partial charge in [0.15, 0.2) is 6.10 Å². The summed E-state index contributed by atoms with van der Waals surface area (Å²) < 4.78 is 11.1. The molecule has 3 aromatic rings. The average molecular weight is 508 g/mol. The van der Waals surface area contributed by atoms with Crippen LogP contribution in [-0.2, 0) is 17.6 Å². The SMILES string of the molecule is CCOc1ccc(NC(=O)[C@@H](C)Oc2ccc(C(=O)Nc3sc4c(c3C(N)=O)CCCC4)cc2)cc1. The first-order chi connectivity index (χ1) is 17.4. The van der Waals surface area contributed by atoms with Crippen LogP contribution in [-0.4, -0.2) is 30.4 Å². The molecule has 0 aliphatic heterocycles. The molecule has 1 aliphatic carbocycles. The molecule has 0 saturated carbocycles. The van der Waals surface area contributed by atoms with Gasteiger partial charge in [-0.3, -0.25) is 14.4 Å². The van der Waals surface area contributed by atoms with E-state index in [4.69, 9.17) is 15.2 Å². The van der Waals surface area contributed by atoms with Crippen LogP contribution < -0.4 is 25.8 Å². The van der Waals surface area contributed by atoms with Crippen molar-refractivity contribution in [2.45, 2.75) is 45.6 Å². The molecule has 1 heterocycles. The van der Waals surface area contributed by atoms with Crippen molar-refractivity contribution in [2.24, 2.45) is 5.73 Å². The van der Waals surface area contributed by atoms with E-state index in [-0.39, 0.29) is 11.8 Å². The zero-order valence-corrected chi connectivity index (χ0v) is 21.1. The van der Waals surface area contributed by atoms with Crippen molar-refractivity contribution in [3.63, 3.8) is 0 Å². The molecule has 0 saturated heterocycles. The number of ether oxygens (including phenoxy) is 2. The molecule has 1 atom stereocenters. The molecule has 9 heteroatoms. The highest BCUT2D eigenvalue weighted by Gasteiger charge is 2.25. The summed E-state index contributed by atoms with van der Waals surface area (Å²) in [5.74, 6) is 0.00951. The normalized spacial score (nSPS) is 13.3. The Hall–Kier alpha value is -3.85. The molecule has 3 amide bonds. The highest BCUT2D eigenvalue weighted by Crippen LogP contribution is 2.38. The summed E-state index contributed by atoms with van der Waals surface area (Å²) in [4.78, 5) is 38.5. The van der Waals surface area contributed by atoms with Crippen LogP contribution in [0.5, 0.6) is 11.5 Å². The molecule has 0 radical (unpaired) electrons. The van der Waals surface area contributed by atoms with Gasteiger partial charge in [-0.05, 0) is 93.6 Å². The molecule has 0 unspecified atom stereocenters. The number of anilines is 2. The first-order valence-corrected chi connectivity index (χ1v) is 12.7. The molecule has 1 aromatic heterocycles. The standard InChI is InChI=1S/C27H29N3O5S/c1-3-34-19-14-10-18(11-15-19)29-25(32)16(2)35-20-12-8-17(9-13-20)26(33)30-27-23(24(28)31)21-6-4-5-7-22(21)36-27/h8-16H,3-7H2,1-2H3,(H2,28,31)(H,29,32)(H,30,33)/t16-/m1/s1. The summed E-state index contributed by atoms with van der Waals surface area (Å²) in [5, 5.41) is 6.15. The Morgan fingerprint density at radius 2 is 1.64 bits per heavy atom. The van der Waals surface area contributed by atoms with Crippen molar-refractivity contribution < 1.29 is 23.9 Å². The summed E-state index contributed by atoms with van der Waals surface area (Å²) in [6.45, 7) is 4.12. The first-order valence-electron chi connectivity index (χ1n) is 11.9. The lowest BCUT2D eigenvalue weighted by Gasteiger charge is -2.15. The molecule has 0 bridgehead atoms. The van der Waals surface area contributed by atoms with Crippen LogP contribution in [0.2, 0.25) is 0 Å². The molecule has 2 aromatic carbocycles. The monoisotopic (exact) mass is 507 g/mol. The molecule has 0 spiro atoms. The quantitative estimate of drug-likeness (QED) is 0.385. The van der Waals surface area contributed by atoms with Gasteiger partial charge in [0.2, 0.25) is 0 Å². The lowest BCUT2D eigenvalue weighted by Crippen LogP contribution is -2.30. The van der Waals surface area contributed by atoms with Crippen molar-refractivity contribution in [1.82, 2.24) is 0 Å². The van der Waals surface area contributed by atoms with Crippen LogP contribution in [0.15, 0.2) is 48.5 Å². The van der Waals surface area contributed by atoms with E-state index < -0.39 is 12.0 Å². The minimum atomic E-state index is -0.758. The van der Waals surface area contributed by atoms with Gasteiger partial charge >= 0.3 is 0 Å². The number of aryl methyl sites for hydroxylation is 1. The second kappa shape index (κ2) is 11.3. The predicted molar refractivity (Wildman–Crippen MR) is 140 cm³/mol. The maximum Gasteiger partial charge on any atom is 0.265 e. The molecule has 4 N–H and O–H groups in total. The van der Waals surface area contributed by atoms with Crippen molar-refractivity contribution in [2.75, 3.05) is 17.2 Å². The second-order valence-electron chi connectivity index (χ2n) is 8.46. The smallest absolute Gasteiger partial charge is 0.265 e. The zero-order valence-electron chi connectivity index (χ0n) is 20.3. The fourth-order valence-electron chi connectivity index (χ4n) is 4.08. The summed E-state index contributed by atoms with van der Waals surface area (Å²) in [6.07, 6.45) is 3.02. The Labute approximate surface area is 213 Å². The number of nitrogens with one attached hydrogen (secondary N) is 2. The number of primary amides is 1. The highest BCUT2D eigenvalue weighted by atomic mass is 32.1. The number of fused-ring (bicyclic) bond motifs is 1. The van der Waals surface area contributed by atoms with Crippen molar-refractivity contribution in [1.29, 1.82) is 0 Å². The van der Waals surface area contributed by atoms with Gasteiger partial charge in [0.05, 0.1) is 12.2 Å². The van der Waals surface area contributed by atoms with Gasteiger partial charge in [0, 0.05) is 16.1 Å². The summed E-state index contributed by atoms with van der Waals surface area (Å²) in [6, 6.07) is 13.6. The van der Waals surface area contributed by atoms with E-state index >= 15 is 0 Å². The van der Waals surface area contributed by atoms with Crippen molar-refractivity contribution >= 4 is 39.7 Å². The fourth-order valence-corrected chi connectivity index (χ4v) is 5.37. The van der Waals surface area contributed by atoms with E-state index in [2.05, 4.69) is 10.6 Å². The highest BCUT2D eigenvalue weighted by molar-refractivity contribution is 7.17. The number of carbonyl (C=O) groups excluding carboxylic acids is 3. The van der Waals surface area contributed by atoms with E-state index in [9.17, 15) is 14.4 Å². The average Bonchev–Trinajstić information content (AvgIpc) is 3.23. The molecular weight excluding hydrogens is 478 g/mol. The van der Waals surface area contributed by atoms with E-state index in [1.54, 1.807) is 55.5 Å².